The second kappa shape index (κ2) is 6.84. The highest BCUT2D eigenvalue weighted by molar-refractivity contribution is 7.98. The van der Waals surface area contributed by atoms with E-state index in [0.29, 0.717) is 11.8 Å². The third kappa shape index (κ3) is 4.47. The molecule has 0 aliphatic rings. The van der Waals surface area contributed by atoms with Crippen molar-refractivity contribution in [1.29, 1.82) is 0 Å². The molecule has 1 N–H and O–H groups in total. The van der Waals surface area contributed by atoms with Crippen LogP contribution in [-0.2, 0) is 6.54 Å². The Balaban J connectivity index is 2.49. The van der Waals surface area contributed by atoms with Crippen molar-refractivity contribution < 1.29 is 0 Å². The summed E-state index contributed by atoms with van der Waals surface area (Å²) < 4.78 is 2.21. The molecule has 0 bridgehead atoms. The first-order valence-electron chi connectivity index (χ1n) is 5.87. The average Bonchev–Trinajstić information content (AvgIpc) is 2.62. The molecule has 0 saturated heterocycles. The van der Waals surface area contributed by atoms with Gasteiger partial charge in [-0.1, -0.05) is 20.8 Å². The number of hydrogen-bond acceptors (Lipinski definition) is 3. The maximum Gasteiger partial charge on any atom is 0.202 e. The van der Waals surface area contributed by atoms with Gasteiger partial charge in [0.1, 0.15) is 0 Å². The monoisotopic (exact) mass is 241 g/mol. The molecule has 1 aromatic rings. The molecule has 1 atom stereocenters. The van der Waals surface area contributed by atoms with Gasteiger partial charge in [0.2, 0.25) is 5.95 Å². The van der Waals surface area contributed by atoms with Gasteiger partial charge in [-0.15, -0.1) is 0 Å². The molecule has 0 aliphatic carbocycles. The molecule has 1 aromatic heterocycles. The highest BCUT2D eigenvalue weighted by Gasteiger charge is 2.07. The van der Waals surface area contributed by atoms with Crippen LogP contribution in [0.15, 0.2) is 12.4 Å². The van der Waals surface area contributed by atoms with Crippen LogP contribution in [-0.4, -0.2) is 28.1 Å². The lowest BCUT2D eigenvalue weighted by atomic mass is 10.2. The third-order valence-corrected chi connectivity index (χ3v) is 3.25. The summed E-state index contributed by atoms with van der Waals surface area (Å²) in [6.07, 6.45) is 6.08. The maximum atomic E-state index is 4.35. The molecule has 1 rings (SSSR count). The number of imidazole rings is 1. The van der Waals surface area contributed by atoms with Crippen molar-refractivity contribution in [3.05, 3.63) is 12.4 Å². The fourth-order valence-corrected chi connectivity index (χ4v) is 2.27. The fourth-order valence-electron chi connectivity index (χ4n) is 1.59. The summed E-state index contributed by atoms with van der Waals surface area (Å²) in [6.45, 7) is 8.71. The van der Waals surface area contributed by atoms with E-state index in [1.807, 2.05) is 18.0 Å². The number of nitrogens with zero attached hydrogens (tertiary/aromatic N) is 2. The standard InChI is InChI=1S/C12H23N3S/c1-10(2)7-14-12-13-5-6-15(12)8-11(3)9-16-4/h5-6,10-11H,7-9H2,1-4H3,(H,13,14). The summed E-state index contributed by atoms with van der Waals surface area (Å²) in [7, 11) is 0. The van der Waals surface area contributed by atoms with Gasteiger partial charge in [-0.25, -0.2) is 4.98 Å². The van der Waals surface area contributed by atoms with Gasteiger partial charge in [-0.3, -0.25) is 0 Å². The molecule has 0 radical (unpaired) electrons. The number of nitrogens with one attached hydrogen (secondary N) is 1. The Bertz CT molecular complexity index is 296. The van der Waals surface area contributed by atoms with E-state index < -0.39 is 0 Å². The van der Waals surface area contributed by atoms with E-state index in [2.05, 4.69) is 48.1 Å². The van der Waals surface area contributed by atoms with E-state index in [9.17, 15) is 0 Å². The Kier molecular flexibility index (Phi) is 5.74. The van der Waals surface area contributed by atoms with Crippen LogP contribution in [0.1, 0.15) is 20.8 Å². The lowest BCUT2D eigenvalue weighted by Gasteiger charge is -2.14. The molecule has 3 nitrogen and oxygen atoms in total. The first kappa shape index (κ1) is 13.4. The number of aromatic nitrogens is 2. The van der Waals surface area contributed by atoms with Crippen molar-refractivity contribution >= 4 is 17.7 Å². The molecule has 0 saturated carbocycles. The minimum Gasteiger partial charge on any atom is -0.355 e. The van der Waals surface area contributed by atoms with E-state index in [0.717, 1.165) is 19.0 Å². The van der Waals surface area contributed by atoms with E-state index in [4.69, 9.17) is 0 Å². The topological polar surface area (TPSA) is 29.9 Å². The van der Waals surface area contributed by atoms with Crippen molar-refractivity contribution in [1.82, 2.24) is 9.55 Å². The summed E-state index contributed by atoms with van der Waals surface area (Å²) in [5.41, 5.74) is 0. The molecule has 4 heteroatoms. The minimum absolute atomic E-state index is 0.647. The Labute approximate surface area is 103 Å². The first-order chi connectivity index (χ1) is 7.63. The lowest BCUT2D eigenvalue weighted by molar-refractivity contribution is 0.532. The van der Waals surface area contributed by atoms with E-state index in [1.54, 1.807) is 0 Å². The molecule has 1 unspecified atom stereocenters. The summed E-state index contributed by atoms with van der Waals surface area (Å²) in [6, 6.07) is 0. The second-order valence-corrected chi connectivity index (χ2v) is 5.65. The Morgan fingerprint density at radius 2 is 2.19 bits per heavy atom. The van der Waals surface area contributed by atoms with Crippen LogP contribution in [0.3, 0.4) is 0 Å². The predicted molar refractivity (Wildman–Crippen MR) is 73.1 cm³/mol. The van der Waals surface area contributed by atoms with Crippen LogP contribution >= 0.6 is 11.8 Å². The van der Waals surface area contributed by atoms with Crippen LogP contribution in [0.4, 0.5) is 5.95 Å². The molecule has 0 aromatic carbocycles. The van der Waals surface area contributed by atoms with E-state index >= 15 is 0 Å². The third-order valence-electron chi connectivity index (χ3n) is 2.34. The van der Waals surface area contributed by atoms with Crippen LogP contribution < -0.4 is 5.32 Å². The van der Waals surface area contributed by atoms with Gasteiger partial charge >= 0.3 is 0 Å². The Morgan fingerprint density at radius 1 is 1.44 bits per heavy atom. The largest absolute Gasteiger partial charge is 0.355 e. The van der Waals surface area contributed by atoms with Crippen molar-refractivity contribution in [2.45, 2.75) is 27.3 Å². The SMILES string of the molecule is CSCC(C)Cn1ccnc1NCC(C)C. The highest BCUT2D eigenvalue weighted by Crippen LogP contribution is 2.12. The number of rotatable bonds is 7. The molecule has 0 amide bonds. The second-order valence-electron chi connectivity index (χ2n) is 4.74. The summed E-state index contributed by atoms with van der Waals surface area (Å²) in [4.78, 5) is 4.35. The molecule has 16 heavy (non-hydrogen) atoms. The van der Waals surface area contributed by atoms with Crippen LogP contribution in [0.5, 0.6) is 0 Å². The van der Waals surface area contributed by atoms with Gasteiger partial charge in [0.25, 0.3) is 0 Å². The molecule has 0 fully saturated rings. The van der Waals surface area contributed by atoms with Crippen molar-refractivity contribution in [3.63, 3.8) is 0 Å². The summed E-state index contributed by atoms with van der Waals surface area (Å²) in [5.74, 6) is 3.53. The van der Waals surface area contributed by atoms with Crippen LogP contribution in [0.25, 0.3) is 0 Å². The number of hydrogen-bond donors (Lipinski definition) is 1. The fraction of sp³-hybridized carbons (Fsp3) is 0.750. The zero-order chi connectivity index (χ0) is 12.0. The average molecular weight is 241 g/mol. The Hall–Kier alpha value is -0.640. The number of thioether (sulfide) groups is 1. The van der Waals surface area contributed by atoms with Gasteiger partial charge in [0, 0.05) is 25.5 Å². The molecule has 1 heterocycles. The van der Waals surface area contributed by atoms with E-state index in [-0.39, 0.29) is 0 Å². The van der Waals surface area contributed by atoms with Gasteiger partial charge in [0.15, 0.2) is 0 Å². The minimum atomic E-state index is 0.647. The van der Waals surface area contributed by atoms with Crippen LogP contribution in [0, 0.1) is 11.8 Å². The normalized spacial score (nSPS) is 13.1. The smallest absolute Gasteiger partial charge is 0.202 e. The zero-order valence-electron chi connectivity index (χ0n) is 10.7. The van der Waals surface area contributed by atoms with Gasteiger partial charge in [-0.05, 0) is 23.8 Å². The predicted octanol–water partition coefficient (Wildman–Crippen LogP) is 2.95. The maximum absolute atomic E-state index is 4.35. The van der Waals surface area contributed by atoms with Crippen molar-refractivity contribution in [3.8, 4) is 0 Å². The highest BCUT2D eigenvalue weighted by atomic mass is 32.2. The number of anilines is 1. The molecular weight excluding hydrogens is 218 g/mol. The summed E-state index contributed by atoms with van der Waals surface area (Å²) in [5, 5.41) is 3.39. The lowest BCUT2D eigenvalue weighted by Crippen LogP contribution is -2.15. The molecule has 92 valence electrons. The van der Waals surface area contributed by atoms with Crippen molar-refractivity contribution in [2.24, 2.45) is 11.8 Å². The molecule has 0 spiro atoms. The quantitative estimate of drug-likeness (QED) is 0.796. The van der Waals surface area contributed by atoms with Gasteiger partial charge in [-0.2, -0.15) is 11.8 Å². The Morgan fingerprint density at radius 3 is 2.81 bits per heavy atom. The first-order valence-corrected chi connectivity index (χ1v) is 7.26. The van der Waals surface area contributed by atoms with Gasteiger partial charge < -0.3 is 9.88 Å². The molecular formula is C12H23N3S. The van der Waals surface area contributed by atoms with Crippen LogP contribution in [0.2, 0.25) is 0 Å². The van der Waals surface area contributed by atoms with Gasteiger partial charge in [0.05, 0.1) is 0 Å². The zero-order valence-corrected chi connectivity index (χ0v) is 11.5. The van der Waals surface area contributed by atoms with E-state index in [1.165, 1.54) is 5.75 Å². The summed E-state index contributed by atoms with van der Waals surface area (Å²) >= 11 is 1.90. The molecule has 0 aliphatic heterocycles. The van der Waals surface area contributed by atoms with Crippen molar-refractivity contribution in [2.75, 3.05) is 23.9 Å².